The molecule has 22 heavy (non-hydrogen) atoms. The molecule has 1 fully saturated rings. The van der Waals surface area contributed by atoms with Crippen LogP contribution in [0.5, 0.6) is 0 Å². The number of rotatable bonds is 3. The van der Waals surface area contributed by atoms with Gasteiger partial charge >= 0.3 is 0 Å². The number of hydrogen-bond acceptors (Lipinski definition) is 5. The molecule has 0 saturated carbocycles. The Hall–Kier alpha value is -1.73. The fraction of sp³-hybridized carbons (Fsp3) is 0.467. The first kappa shape index (κ1) is 15.2. The second kappa shape index (κ2) is 5.48. The summed E-state index contributed by atoms with van der Waals surface area (Å²) in [6.07, 6.45) is 2.05. The zero-order chi connectivity index (χ0) is 15.9. The van der Waals surface area contributed by atoms with Gasteiger partial charge in [0.25, 0.3) is 0 Å². The van der Waals surface area contributed by atoms with Gasteiger partial charge in [-0.25, -0.2) is 22.7 Å². The maximum Gasteiger partial charge on any atom is 0.211 e. The number of anilines is 1. The number of fused-ring (bicyclic) bond motifs is 1. The number of aryl methyl sites for hydroxylation is 1. The van der Waals surface area contributed by atoms with E-state index in [2.05, 4.69) is 9.88 Å². The molecule has 0 N–H and O–H groups in total. The van der Waals surface area contributed by atoms with Crippen LogP contribution in [0.3, 0.4) is 0 Å². The Morgan fingerprint density at radius 1 is 1.23 bits per heavy atom. The average molecular weight is 320 g/mol. The number of hydrogen-bond donors (Lipinski definition) is 0. The fourth-order valence-corrected chi connectivity index (χ4v) is 3.59. The number of benzene rings is 1. The van der Waals surface area contributed by atoms with Crippen LogP contribution >= 0.6 is 0 Å². The maximum atomic E-state index is 11.7. The highest BCUT2D eigenvalue weighted by molar-refractivity contribution is 7.88. The molecule has 1 aromatic carbocycles. The predicted molar refractivity (Wildman–Crippen MR) is 87.5 cm³/mol. The van der Waals surface area contributed by atoms with Gasteiger partial charge < -0.3 is 4.90 Å². The van der Waals surface area contributed by atoms with Gasteiger partial charge in [-0.05, 0) is 25.5 Å². The van der Waals surface area contributed by atoms with Crippen LogP contribution in [0.2, 0.25) is 0 Å². The van der Waals surface area contributed by atoms with Crippen molar-refractivity contribution in [1.82, 2.24) is 14.3 Å². The molecule has 0 bridgehead atoms. The van der Waals surface area contributed by atoms with Crippen LogP contribution in [0.4, 0.5) is 5.82 Å². The van der Waals surface area contributed by atoms with Crippen molar-refractivity contribution in [3.8, 4) is 0 Å². The Morgan fingerprint density at radius 3 is 2.50 bits per heavy atom. The quantitative estimate of drug-likeness (QED) is 0.855. The topological polar surface area (TPSA) is 66.4 Å². The fourth-order valence-electron chi connectivity index (χ4n) is 2.88. The minimum atomic E-state index is -3.17. The van der Waals surface area contributed by atoms with E-state index in [1.165, 1.54) is 10.6 Å². The normalized spacial score (nSPS) is 19.3. The molecule has 0 aliphatic carbocycles. The van der Waals surface area contributed by atoms with Crippen LogP contribution in [0.1, 0.15) is 12.1 Å². The van der Waals surface area contributed by atoms with E-state index in [1.54, 1.807) is 7.05 Å². The maximum absolute atomic E-state index is 11.7. The average Bonchev–Trinajstić information content (AvgIpc) is 2.94. The first-order valence-electron chi connectivity index (χ1n) is 7.27. The lowest BCUT2D eigenvalue weighted by Crippen LogP contribution is -2.38. The zero-order valence-electron chi connectivity index (χ0n) is 13.0. The van der Waals surface area contributed by atoms with Crippen molar-refractivity contribution in [2.75, 3.05) is 31.3 Å². The first-order chi connectivity index (χ1) is 10.4. The van der Waals surface area contributed by atoms with E-state index >= 15 is 0 Å². The summed E-state index contributed by atoms with van der Waals surface area (Å²) in [5.74, 6) is 0.850. The van der Waals surface area contributed by atoms with Crippen LogP contribution < -0.4 is 4.90 Å². The van der Waals surface area contributed by atoms with E-state index in [1.807, 2.05) is 31.2 Å². The molecule has 1 atom stereocenters. The lowest BCUT2D eigenvalue weighted by molar-refractivity contribution is 0.393. The summed E-state index contributed by atoms with van der Waals surface area (Å²) in [5, 5.41) is 0. The lowest BCUT2D eigenvalue weighted by Gasteiger charge is -2.23. The van der Waals surface area contributed by atoms with Gasteiger partial charge in [-0.3, -0.25) is 0 Å². The highest BCUT2D eigenvalue weighted by Gasteiger charge is 2.31. The third-order valence-corrected chi connectivity index (χ3v) is 5.56. The molecular formula is C15H20N4O2S. The van der Waals surface area contributed by atoms with Gasteiger partial charge in [-0.1, -0.05) is 12.1 Å². The molecule has 0 amide bonds. The van der Waals surface area contributed by atoms with Crippen molar-refractivity contribution in [3.05, 3.63) is 30.0 Å². The van der Waals surface area contributed by atoms with Crippen molar-refractivity contribution in [2.24, 2.45) is 0 Å². The standard InChI is InChI=1S/C15H20N4O2S/c1-11-15(17-14-7-5-4-6-13(14)16-11)19-9-8-12(10-19)18(2)22(3,20)21/h4-7,12H,8-10H2,1-3H3. The van der Waals surface area contributed by atoms with Crippen LogP contribution in [0.15, 0.2) is 24.3 Å². The van der Waals surface area contributed by atoms with Crippen molar-refractivity contribution < 1.29 is 8.42 Å². The molecule has 6 nitrogen and oxygen atoms in total. The van der Waals surface area contributed by atoms with Gasteiger partial charge in [0.1, 0.15) is 0 Å². The zero-order valence-corrected chi connectivity index (χ0v) is 13.8. The van der Waals surface area contributed by atoms with E-state index in [0.29, 0.717) is 6.54 Å². The number of likely N-dealkylation sites (N-methyl/N-ethyl adjacent to an activating group) is 1. The Kier molecular flexibility index (Phi) is 3.78. The summed E-state index contributed by atoms with van der Waals surface area (Å²) in [4.78, 5) is 11.4. The third kappa shape index (κ3) is 2.78. The molecule has 1 unspecified atom stereocenters. The first-order valence-corrected chi connectivity index (χ1v) is 9.12. The Labute approximate surface area is 130 Å². The molecule has 7 heteroatoms. The second-order valence-corrected chi connectivity index (χ2v) is 7.83. The summed E-state index contributed by atoms with van der Waals surface area (Å²) in [6.45, 7) is 3.39. The second-order valence-electron chi connectivity index (χ2n) is 5.79. The van der Waals surface area contributed by atoms with Crippen LogP contribution in [-0.2, 0) is 10.0 Å². The largest absolute Gasteiger partial charge is 0.353 e. The minimum absolute atomic E-state index is 0.0114. The molecule has 1 aliphatic heterocycles. The molecule has 1 aliphatic rings. The van der Waals surface area contributed by atoms with Crippen LogP contribution in [0, 0.1) is 6.92 Å². The van der Waals surface area contributed by atoms with Gasteiger partial charge in [-0.15, -0.1) is 0 Å². The van der Waals surface area contributed by atoms with E-state index in [-0.39, 0.29) is 6.04 Å². The van der Waals surface area contributed by atoms with Gasteiger partial charge in [0.15, 0.2) is 5.82 Å². The van der Waals surface area contributed by atoms with Crippen molar-refractivity contribution in [1.29, 1.82) is 0 Å². The number of para-hydroxylation sites is 2. The van der Waals surface area contributed by atoms with Crippen molar-refractivity contribution >= 4 is 26.9 Å². The number of nitrogens with zero attached hydrogens (tertiary/aromatic N) is 4. The predicted octanol–water partition coefficient (Wildman–Crippen LogP) is 1.41. The number of sulfonamides is 1. The molecular weight excluding hydrogens is 300 g/mol. The number of aromatic nitrogens is 2. The smallest absolute Gasteiger partial charge is 0.211 e. The monoisotopic (exact) mass is 320 g/mol. The molecule has 0 radical (unpaired) electrons. The minimum Gasteiger partial charge on any atom is -0.353 e. The third-order valence-electron chi connectivity index (χ3n) is 4.22. The summed E-state index contributed by atoms with van der Waals surface area (Å²) in [6, 6.07) is 7.77. The van der Waals surface area contributed by atoms with E-state index < -0.39 is 10.0 Å². The molecule has 0 spiro atoms. The van der Waals surface area contributed by atoms with Gasteiger partial charge in [0, 0.05) is 26.2 Å². The van der Waals surface area contributed by atoms with Crippen LogP contribution in [0.25, 0.3) is 11.0 Å². The Bertz CT molecular complexity index is 806. The van der Waals surface area contributed by atoms with Gasteiger partial charge in [-0.2, -0.15) is 0 Å². The highest BCUT2D eigenvalue weighted by atomic mass is 32.2. The Balaban J connectivity index is 1.88. The van der Waals surface area contributed by atoms with E-state index in [4.69, 9.17) is 4.98 Å². The van der Waals surface area contributed by atoms with Gasteiger partial charge in [0.05, 0.1) is 23.0 Å². The van der Waals surface area contributed by atoms with E-state index in [0.717, 1.165) is 35.5 Å². The highest BCUT2D eigenvalue weighted by Crippen LogP contribution is 2.25. The molecule has 2 heterocycles. The summed E-state index contributed by atoms with van der Waals surface area (Å²) < 4.78 is 24.8. The SMILES string of the molecule is Cc1nc2ccccc2nc1N1CCC(N(C)S(C)(=O)=O)C1. The molecule has 1 saturated heterocycles. The lowest BCUT2D eigenvalue weighted by atomic mass is 10.3. The summed E-state index contributed by atoms with van der Waals surface area (Å²) in [7, 11) is -1.52. The Morgan fingerprint density at radius 2 is 1.86 bits per heavy atom. The molecule has 118 valence electrons. The molecule has 1 aromatic heterocycles. The summed E-state index contributed by atoms with van der Waals surface area (Å²) >= 11 is 0. The van der Waals surface area contributed by atoms with Gasteiger partial charge in [0.2, 0.25) is 10.0 Å². The van der Waals surface area contributed by atoms with Crippen molar-refractivity contribution in [3.63, 3.8) is 0 Å². The summed E-state index contributed by atoms with van der Waals surface area (Å²) in [5.41, 5.74) is 2.62. The molecule has 2 aromatic rings. The van der Waals surface area contributed by atoms with Crippen LogP contribution in [-0.4, -0.2) is 55.1 Å². The van der Waals surface area contributed by atoms with Crippen molar-refractivity contribution in [2.45, 2.75) is 19.4 Å². The van der Waals surface area contributed by atoms with E-state index in [9.17, 15) is 8.42 Å². The molecule has 3 rings (SSSR count).